The Morgan fingerprint density at radius 2 is 0.942 bits per heavy atom. The molecule has 2 aliphatic rings. The summed E-state index contributed by atoms with van der Waals surface area (Å²) >= 11 is 0. The van der Waals surface area contributed by atoms with Crippen molar-refractivity contribution in [3.63, 3.8) is 0 Å². The number of anilines is 3. The zero-order chi connectivity index (χ0) is 53.4. The lowest BCUT2D eigenvalue weighted by molar-refractivity contribution is -0.202. The van der Waals surface area contributed by atoms with Gasteiger partial charge in [0.2, 0.25) is 5.95 Å². The Labute approximate surface area is 402 Å². The van der Waals surface area contributed by atoms with Crippen molar-refractivity contribution in [2.75, 3.05) is 21.7 Å². The van der Waals surface area contributed by atoms with E-state index in [1.54, 1.807) is 41.5 Å². The molecule has 0 spiro atoms. The van der Waals surface area contributed by atoms with Crippen LogP contribution < -0.4 is 20.7 Å². The highest BCUT2D eigenvalue weighted by molar-refractivity contribution is 6.09. The Bertz CT molecular complexity index is 2150. The number of amides is 3. The topological polar surface area (TPSA) is 274 Å². The molecule has 1 N–H and O–H groups in total. The lowest BCUT2D eigenvalue weighted by atomic mass is 9.93. The van der Waals surface area contributed by atoms with Crippen molar-refractivity contribution in [1.29, 1.82) is 0 Å². The van der Waals surface area contributed by atoms with E-state index >= 15 is 4.79 Å². The van der Waals surface area contributed by atoms with E-state index in [-0.39, 0.29) is 9.47 Å². The van der Waals surface area contributed by atoms with Gasteiger partial charge in [0, 0.05) is 0 Å². The number of nitrogens with zero attached hydrogens (tertiary/aromatic N) is 4. The third-order valence-electron chi connectivity index (χ3n) is 8.02. The Morgan fingerprint density at radius 1 is 0.551 bits per heavy atom. The molecule has 0 radical (unpaired) electrons. The minimum atomic E-state index is -1.88. The van der Waals surface area contributed by atoms with Crippen molar-refractivity contribution in [1.82, 2.24) is 9.55 Å². The molecular weight excluding hydrogens is 915 g/mol. The maximum absolute atomic E-state index is 15.2. The fourth-order valence-corrected chi connectivity index (χ4v) is 5.97. The van der Waals surface area contributed by atoms with Crippen molar-refractivity contribution in [3.8, 4) is 0 Å². The summed E-state index contributed by atoms with van der Waals surface area (Å²) in [7, 11) is 0. The van der Waals surface area contributed by atoms with Crippen molar-refractivity contribution in [3.05, 3.63) is 10.4 Å². The van der Waals surface area contributed by atoms with Gasteiger partial charge in [0.05, 0.1) is 0 Å². The van der Waals surface area contributed by atoms with Crippen LogP contribution in [-0.4, -0.2) is 129 Å². The summed E-state index contributed by atoms with van der Waals surface area (Å²) in [6, 6.07) is -1.72. The second-order valence-electron chi connectivity index (χ2n) is 23.0. The number of nitrogens with one attached hydrogen (secondary N) is 1. The first kappa shape index (κ1) is 57.2. The summed E-state index contributed by atoms with van der Waals surface area (Å²) in [5.74, 6) is -1.82. The molecule has 1 fully saturated rings. The highest BCUT2D eigenvalue weighted by Crippen LogP contribution is 2.41. The predicted molar refractivity (Wildman–Crippen MR) is 244 cm³/mol. The normalized spacial score (nSPS) is 19.8. The van der Waals surface area contributed by atoms with E-state index in [2.05, 4.69) is 10.3 Å². The molecule has 390 valence electrons. The molecule has 1 aromatic rings. The molecule has 69 heavy (non-hydrogen) atoms. The summed E-state index contributed by atoms with van der Waals surface area (Å²) in [6.45, 7) is 31.0. The first-order valence-corrected chi connectivity index (χ1v) is 22.1. The molecule has 1 aromatic heterocycles. The van der Waals surface area contributed by atoms with Gasteiger partial charge in [-0.05, 0) is 145 Å². The molecular formula is C45H71N5O19. The maximum atomic E-state index is 15.2. The molecule has 3 rings (SSSR count). The molecule has 0 aliphatic carbocycles. The van der Waals surface area contributed by atoms with Crippen LogP contribution in [0.15, 0.2) is 4.79 Å². The van der Waals surface area contributed by atoms with Crippen LogP contribution in [0.5, 0.6) is 0 Å². The van der Waals surface area contributed by atoms with Crippen LogP contribution in [0.25, 0.3) is 0 Å². The number of carbonyl (C=O) groups is 7. The summed E-state index contributed by atoms with van der Waals surface area (Å²) in [5, 5.41) is 2.83. The van der Waals surface area contributed by atoms with Crippen LogP contribution in [0.3, 0.4) is 0 Å². The summed E-state index contributed by atoms with van der Waals surface area (Å²) in [4.78, 5) is 118. The number of aromatic nitrogens is 2. The number of hydrogen-bond acceptors (Lipinski definition) is 21. The van der Waals surface area contributed by atoms with E-state index in [4.69, 9.17) is 52.1 Å². The van der Waals surface area contributed by atoms with E-state index in [1.165, 1.54) is 104 Å². The van der Waals surface area contributed by atoms with E-state index in [1.807, 2.05) is 0 Å². The van der Waals surface area contributed by atoms with E-state index in [9.17, 15) is 33.6 Å². The molecule has 0 aromatic carbocycles. The minimum Gasteiger partial charge on any atom is -0.443 e. The van der Waals surface area contributed by atoms with E-state index in [0.717, 1.165) is 0 Å². The number of hydrogen-bond donors (Lipinski definition) is 1. The third-order valence-corrected chi connectivity index (χ3v) is 8.02. The van der Waals surface area contributed by atoms with Gasteiger partial charge in [-0.15, -0.1) is 4.90 Å². The smallest absolute Gasteiger partial charge is 0.443 e. The van der Waals surface area contributed by atoms with E-state index < -0.39 is 142 Å². The fraction of sp³-hybridized carbons (Fsp3) is 0.756. The monoisotopic (exact) mass is 985 g/mol. The average Bonchev–Trinajstić information content (AvgIpc) is 3.05. The lowest BCUT2D eigenvalue weighted by Gasteiger charge is -2.50. The van der Waals surface area contributed by atoms with Gasteiger partial charge in [-0.3, -0.25) is 4.79 Å². The maximum Gasteiger partial charge on any atom is 0.509 e. The number of ether oxygens (including phenoxy) is 11. The average molecular weight is 986 g/mol. The van der Waals surface area contributed by atoms with Gasteiger partial charge in [-0.25, -0.2) is 38.5 Å². The van der Waals surface area contributed by atoms with Gasteiger partial charge in [-0.1, -0.05) is 0 Å². The highest BCUT2D eigenvalue weighted by atomic mass is 16.8. The summed E-state index contributed by atoms with van der Waals surface area (Å²) in [5.41, 5.74) is -10.7. The largest absolute Gasteiger partial charge is 0.509 e. The first-order valence-electron chi connectivity index (χ1n) is 22.1. The van der Waals surface area contributed by atoms with Gasteiger partial charge < -0.3 is 57.4 Å². The predicted octanol–water partition coefficient (Wildman–Crippen LogP) is 8.56. The van der Waals surface area contributed by atoms with Gasteiger partial charge in [0.15, 0.2) is 24.3 Å². The Hall–Kier alpha value is -6.07. The quantitative estimate of drug-likeness (QED) is 0.214. The van der Waals surface area contributed by atoms with Crippen molar-refractivity contribution < 1.29 is 85.7 Å². The Balaban J connectivity index is 2.59. The van der Waals surface area contributed by atoms with Crippen LogP contribution in [0, 0.1) is 0 Å². The van der Waals surface area contributed by atoms with Crippen molar-refractivity contribution >= 4 is 60.3 Å². The van der Waals surface area contributed by atoms with Gasteiger partial charge in [0.1, 0.15) is 63.6 Å². The fourth-order valence-electron chi connectivity index (χ4n) is 5.97. The number of carbonyl (C=O) groups excluding carboxylic acids is 7. The highest BCUT2D eigenvalue weighted by Gasteiger charge is 2.58. The van der Waals surface area contributed by atoms with Crippen LogP contribution in [0.4, 0.5) is 51.0 Å². The zero-order valence-electron chi connectivity index (χ0n) is 43.6. The molecule has 0 bridgehead atoms. The van der Waals surface area contributed by atoms with Gasteiger partial charge in [-0.2, -0.15) is 9.55 Å². The second-order valence-corrected chi connectivity index (χ2v) is 23.0. The molecule has 24 nitrogen and oxygen atoms in total. The molecule has 0 unspecified atom stereocenters. The standard InChI is InChI=1S/C45H71N5O19/c1-39(2,3)63-32(52)48-28-25(29(51)49(33(53)64-40(4,5)6)31(47-28)50(34(54)65-41(7,8)9)35(55)66-42(10,11)12)46-24-27(62-38(58)69-45(19,20)21)26(61-37(57)68-44(16,17)18)23(60-30(24)48)22-59-36(56)67-43(13,14)15/h23-24,26-27,30,46H,22H2,1-21H3/t23-,24+,26+,27-,30-/m1/s1. The Morgan fingerprint density at radius 3 is 1.36 bits per heavy atom. The molecule has 24 heteroatoms. The third kappa shape index (κ3) is 17.1. The van der Waals surface area contributed by atoms with Crippen LogP contribution >= 0.6 is 0 Å². The molecule has 1 saturated heterocycles. The summed E-state index contributed by atoms with van der Waals surface area (Å²) < 4.78 is 62.6. The number of imide groups is 1. The van der Waals surface area contributed by atoms with E-state index in [0.29, 0.717) is 4.90 Å². The molecule has 3 amide bonds. The minimum absolute atomic E-state index is 0.166. The van der Waals surface area contributed by atoms with Crippen LogP contribution in [-0.2, 0) is 52.1 Å². The second kappa shape index (κ2) is 20.1. The van der Waals surface area contributed by atoms with Crippen LogP contribution in [0.1, 0.15) is 145 Å². The lowest BCUT2D eigenvalue weighted by Crippen LogP contribution is -2.70. The van der Waals surface area contributed by atoms with Gasteiger partial charge in [0.25, 0.3) is 5.56 Å². The number of fused-ring (bicyclic) bond motifs is 2. The van der Waals surface area contributed by atoms with Crippen molar-refractivity contribution in [2.45, 2.75) is 215 Å². The molecule has 0 saturated carbocycles. The molecule has 3 heterocycles. The first-order chi connectivity index (χ1) is 30.9. The SMILES string of the molecule is CC(C)(C)OC(=O)OC[C@H]1O[C@@H]2[C@@H](Nc3c(nc(N(C(=O)OC(C)(C)C)C(=O)OC(C)(C)C)n(C(=O)OC(C)(C)C)c3=O)N2C(=O)OC(C)(C)C)[C@@H](OC(=O)OC(C)(C)C)[C@H]1OC(=O)OC(C)(C)C. The van der Waals surface area contributed by atoms with Crippen molar-refractivity contribution in [2.24, 2.45) is 0 Å². The molecule has 2 aliphatic heterocycles. The zero-order valence-corrected chi connectivity index (χ0v) is 43.6. The van der Waals surface area contributed by atoms with Crippen LogP contribution in [0.2, 0.25) is 0 Å². The summed E-state index contributed by atoms with van der Waals surface area (Å²) in [6.07, 6.45) is -16.9. The number of rotatable bonds is 5. The Kier molecular flexibility index (Phi) is 16.7. The van der Waals surface area contributed by atoms with Gasteiger partial charge >= 0.3 is 42.8 Å². The molecule has 5 atom stereocenters.